The summed E-state index contributed by atoms with van der Waals surface area (Å²) >= 11 is 0. The summed E-state index contributed by atoms with van der Waals surface area (Å²) in [5, 5.41) is 3.47. The van der Waals surface area contributed by atoms with Gasteiger partial charge in [-0.3, -0.25) is 4.79 Å². The van der Waals surface area contributed by atoms with Gasteiger partial charge in [0.15, 0.2) is 5.82 Å². The maximum Gasteiger partial charge on any atom is 0.293 e. The molecule has 0 amide bonds. The largest absolute Gasteiger partial charge is 0.348 e. The Morgan fingerprint density at radius 1 is 1.50 bits per heavy atom. The molecule has 2 heterocycles. The van der Waals surface area contributed by atoms with Crippen LogP contribution in [0, 0.1) is 0 Å². The van der Waals surface area contributed by atoms with Crippen molar-refractivity contribution in [2.75, 3.05) is 18.0 Å². The summed E-state index contributed by atoms with van der Waals surface area (Å²) in [6.45, 7) is 8.99. The van der Waals surface area contributed by atoms with E-state index in [1.807, 2.05) is 0 Å². The van der Waals surface area contributed by atoms with E-state index < -0.39 is 0 Å². The van der Waals surface area contributed by atoms with Gasteiger partial charge in [-0.05, 0) is 19.3 Å². The highest BCUT2D eigenvalue weighted by atomic mass is 16.1. The highest BCUT2D eigenvalue weighted by Gasteiger charge is 2.27. The second-order valence-corrected chi connectivity index (χ2v) is 5.80. The van der Waals surface area contributed by atoms with Crippen LogP contribution in [0.4, 0.5) is 5.82 Å². The summed E-state index contributed by atoms with van der Waals surface area (Å²) in [7, 11) is 0. The van der Waals surface area contributed by atoms with E-state index in [4.69, 9.17) is 0 Å². The van der Waals surface area contributed by atoms with Crippen molar-refractivity contribution in [3.8, 4) is 0 Å². The van der Waals surface area contributed by atoms with E-state index in [0.29, 0.717) is 17.9 Å². The molecule has 0 spiro atoms. The molecule has 1 aromatic heterocycles. The van der Waals surface area contributed by atoms with Crippen molar-refractivity contribution in [1.82, 2.24) is 14.9 Å². The SMILES string of the molecule is CCCn1ccnc(N2CCCC2CNC(C)C)c1=O. The minimum absolute atomic E-state index is 0.0470. The third-order valence-electron chi connectivity index (χ3n) is 3.77. The molecule has 1 atom stereocenters. The fourth-order valence-corrected chi connectivity index (χ4v) is 2.75. The number of hydrogen-bond donors (Lipinski definition) is 1. The lowest BCUT2D eigenvalue weighted by Crippen LogP contribution is -2.43. The summed E-state index contributed by atoms with van der Waals surface area (Å²) in [6.07, 6.45) is 6.75. The van der Waals surface area contributed by atoms with E-state index in [2.05, 4.69) is 36.0 Å². The zero-order chi connectivity index (χ0) is 14.5. The summed E-state index contributed by atoms with van der Waals surface area (Å²) in [4.78, 5) is 19.0. The molecule has 1 unspecified atom stereocenters. The molecule has 0 aromatic carbocycles. The van der Waals surface area contributed by atoms with Gasteiger partial charge in [-0.25, -0.2) is 4.98 Å². The Morgan fingerprint density at radius 3 is 3.00 bits per heavy atom. The molecule has 1 fully saturated rings. The summed E-state index contributed by atoms with van der Waals surface area (Å²) in [6, 6.07) is 0.855. The number of rotatable bonds is 6. The molecule has 5 heteroatoms. The zero-order valence-electron chi connectivity index (χ0n) is 12.8. The number of aromatic nitrogens is 2. The fourth-order valence-electron chi connectivity index (χ4n) is 2.75. The number of aryl methyl sites for hydroxylation is 1. The van der Waals surface area contributed by atoms with Crippen molar-refractivity contribution in [2.45, 2.75) is 58.7 Å². The first-order chi connectivity index (χ1) is 9.63. The topological polar surface area (TPSA) is 50.2 Å². The van der Waals surface area contributed by atoms with Gasteiger partial charge in [0, 0.05) is 44.1 Å². The molecule has 0 bridgehead atoms. The first-order valence-electron chi connectivity index (χ1n) is 7.69. The predicted molar refractivity (Wildman–Crippen MR) is 82.3 cm³/mol. The minimum Gasteiger partial charge on any atom is -0.348 e. The molecular weight excluding hydrogens is 252 g/mol. The predicted octanol–water partition coefficient (Wildman–Crippen LogP) is 1.62. The van der Waals surface area contributed by atoms with Crippen LogP contribution >= 0.6 is 0 Å². The molecule has 1 aromatic rings. The minimum atomic E-state index is 0.0470. The Morgan fingerprint density at radius 2 is 2.30 bits per heavy atom. The lowest BCUT2D eigenvalue weighted by molar-refractivity contribution is 0.520. The van der Waals surface area contributed by atoms with Crippen LogP contribution in [0.5, 0.6) is 0 Å². The Kier molecular flexibility index (Phi) is 5.17. The maximum absolute atomic E-state index is 12.5. The smallest absolute Gasteiger partial charge is 0.293 e. The third kappa shape index (κ3) is 3.39. The van der Waals surface area contributed by atoms with E-state index in [0.717, 1.165) is 38.9 Å². The molecule has 1 saturated heterocycles. The van der Waals surface area contributed by atoms with Gasteiger partial charge < -0.3 is 14.8 Å². The van der Waals surface area contributed by atoms with Gasteiger partial charge in [0.25, 0.3) is 5.56 Å². The normalized spacial score (nSPS) is 19.0. The Balaban J connectivity index is 2.17. The molecular formula is C15H26N4O. The van der Waals surface area contributed by atoms with Crippen LogP contribution < -0.4 is 15.8 Å². The fraction of sp³-hybridized carbons (Fsp3) is 0.733. The van der Waals surface area contributed by atoms with Gasteiger partial charge in [0.1, 0.15) is 0 Å². The lowest BCUT2D eigenvalue weighted by Gasteiger charge is -2.26. The number of nitrogens with one attached hydrogen (secondary N) is 1. The first kappa shape index (κ1) is 15.0. The molecule has 0 radical (unpaired) electrons. The van der Waals surface area contributed by atoms with Gasteiger partial charge in [-0.15, -0.1) is 0 Å². The highest BCUT2D eigenvalue weighted by Crippen LogP contribution is 2.20. The molecule has 1 aliphatic heterocycles. The van der Waals surface area contributed by atoms with Crippen LogP contribution in [0.3, 0.4) is 0 Å². The molecule has 20 heavy (non-hydrogen) atoms. The van der Waals surface area contributed by atoms with Gasteiger partial charge in [-0.1, -0.05) is 20.8 Å². The Labute approximate surface area is 121 Å². The average Bonchev–Trinajstić information content (AvgIpc) is 2.87. The first-order valence-corrected chi connectivity index (χ1v) is 7.69. The molecule has 0 saturated carbocycles. The van der Waals surface area contributed by atoms with Crippen molar-refractivity contribution in [3.05, 3.63) is 22.7 Å². The van der Waals surface area contributed by atoms with E-state index in [1.165, 1.54) is 0 Å². The number of nitrogens with zero attached hydrogens (tertiary/aromatic N) is 3. The molecule has 1 N–H and O–H groups in total. The van der Waals surface area contributed by atoms with Crippen LogP contribution in [-0.4, -0.2) is 34.7 Å². The van der Waals surface area contributed by atoms with Crippen molar-refractivity contribution >= 4 is 5.82 Å². The van der Waals surface area contributed by atoms with Crippen LogP contribution in [0.2, 0.25) is 0 Å². The summed E-state index contributed by atoms with van der Waals surface area (Å²) < 4.78 is 1.77. The van der Waals surface area contributed by atoms with E-state index in [-0.39, 0.29) is 5.56 Å². The van der Waals surface area contributed by atoms with E-state index in [9.17, 15) is 4.79 Å². The number of anilines is 1. The van der Waals surface area contributed by atoms with Gasteiger partial charge >= 0.3 is 0 Å². The highest BCUT2D eigenvalue weighted by molar-refractivity contribution is 5.39. The van der Waals surface area contributed by atoms with Gasteiger partial charge in [0.05, 0.1) is 0 Å². The van der Waals surface area contributed by atoms with Crippen LogP contribution in [0.25, 0.3) is 0 Å². The monoisotopic (exact) mass is 278 g/mol. The average molecular weight is 278 g/mol. The van der Waals surface area contributed by atoms with Crippen LogP contribution in [0.15, 0.2) is 17.2 Å². The molecule has 0 aliphatic carbocycles. The standard InChI is InChI=1S/C15H26N4O/c1-4-8-18-10-7-16-14(15(18)20)19-9-5-6-13(19)11-17-12(2)3/h7,10,12-13,17H,4-6,8-9,11H2,1-3H3. The summed E-state index contributed by atoms with van der Waals surface area (Å²) in [5.41, 5.74) is 0.0470. The molecule has 5 nitrogen and oxygen atoms in total. The maximum atomic E-state index is 12.5. The second kappa shape index (κ2) is 6.88. The lowest BCUT2D eigenvalue weighted by atomic mass is 10.2. The second-order valence-electron chi connectivity index (χ2n) is 5.80. The molecule has 2 rings (SSSR count). The Bertz CT molecular complexity index is 483. The molecule has 1 aliphatic rings. The van der Waals surface area contributed by atoms with Crippen molar-refractivity contribution in [1.29, 1.82) is 0 Å². The van der Waals surface area contributed by atoms with E-state index >= 15 is 0 Å². The number of hydrogen-bond acceptors (Lipinski definition) is 4. The molecule has 112 valence electrons. The van der Waals surface area contributed by atoms with Gasteiger partial charge in [-0.2, -0.15) is 0 Å². The quantitative estimate of drug-likeness (QED) is 0.859. The van der Waals surface area contributed by atoms with Crippen LogP contribution in [-0.2, 0) is 6.54 Å². The van der Waals surface area contributed by atoms with E-state index in [1.54, 1.807) is 17.0 Å². The summed E-state index contributed by atoms with van der Waals surface area (Å²) in [5.74, 6) is 0.619. The van der Waals surface area contributed by atoms with Crippen molar-refractivity contribution < 1.29 is 0 Å². The third-order valence-corrected chi connectivity index (χ3v) is 3.77. The zero-order valence-corrected chi connectivity index (χ0v) is 12.8. The van der Waals surface area contributed by atoms with Crippen molar-refractivity contribution in [2.24, 2.45) is 0 Å². The Hall–Kier alpha value is -1.36. The van der Waals surface area contributed by atoms with Gasteiger partial charge in [0.2, 0.25) is 0 Å². The van der Waals surface area contributed by atoms with Crippen LogP contribution in [0.1, 0.15) is 40.0 Å². The van der Waals surface area contributed by atoms with Crippen molar-refractivity contribution in [3.63, 3.8) is 0 Å².